The van der Waals surface area contributed by atoms with Crippen molar-refractivity contribution in [3.8, 4) is 0 Å². The third kappa shape index (κ3) is 3.52. The molecule has 1 atom stereocenters. The van der Waals surface area contributed by atoms with E-state index >= 15 is 0 Å². The first-order valence-corrected chi connectivity index (χ1v) is 7.27. The molecule has 1 heterocycles. The molecule has 2 N–H and O–H groups in total. The van der Waals surface area contributed by atoms with E-state index in [2.05, 4.69) is 17.2 Å². The van der Waals surface area contributed by atoms with Crippen LogP contribution in [0.1, 0.15) is 20.3 Å². The molecule has 0 unspecified atom stereocenters. The molecule has 3 amide bonds. The highest BCUT2D eigenvalue weighted by Crippen LogP contribution is 2.10. The number of hydrogen-bond donors (Lipinski definition) is 2. The molecule has 6 nitrogen and oxygen atoms in total. The zero-order chi connectivity index (χ0) is 16.1. The molecule has 0 fully saturated rings. The third-order valence-corrected chi connectivity index (χ3v) is 3.49. The van der Waals surface area contributed by atoms with Gasteiger partial charge >= 0.3 is 6.03 Å². The number of rotatable bonds is 5. The van der Waals surface area contributed by atoms with Crippen molar-refractivity contribution in [2.75, 3.05) is 0 Å². The molecule has 0 aliphatic rings. The normalized spacial score (nSPS) is 11.9. The second kappa shape index (κ2) is 6.89. The second-order valence-corrected chi connectivity index (χ2v) is 5.15. The topological polar surface area (TPSA) is 67.0 Å². The molecule has 0 aliphatic heterocycles. The number of nitrogens with one attached hydrogen (secondary N) is 2. The van der Waals surface area contributed by atoms with E-state index < -0.39 is 6.03 Å². The number of benzene rings is 1. The molecule has 116 valence electrons. The zero-order valence-corrected chi connectivity index (χ0v) is 12.9. The van der Waals surface area contributed by atoms with E-state index in [4.69, 9.17) is 0 Å². The van der Waals surface area contributed by atoms with Crippen LogP contribution >= 0.6 is 0 Å². The minimum absolute atomic E-state index is 0.0307. The summed E-state index contributed by atoms with van der Waals surface area (Å²) in [5.74, 6) is -0.363. The Morgan fingerprint density at radius 1 is 1.41 bits per heavy atom. The number of hydrogen-bond acceptors (Lipinski definition) is 2. The summed E-state index contributed by atoms with van der Waals surface area (Å²) in [5, 5.41) is 5.04. The molecule has 2 rings (SSSR count). The fourth-order valence-electron chi connectivity index (χ4n) is 2.15. The van der Waals surface area contributed by atoms with Crippen molar-refractivity contribution in [3.05, 3.63) is 37.2 Å². The molecular weight excluding hydrogens is 280 g/mol. The summed E-state index contributed by atoms with van der Waals surface area (Å²) in [4.78, 5) is 23.7. The quantitative estimate of drug-likeness (QED) is 0.825. The van der Waals surface area contributed by atoms with Gasteiger partial charge in [0.1, 0.15) is 0 Å². The summed E-state index contributed by atoms with van der Waals surface area (Å²) in [5.41, 5.74) is 1.86. The highest BCUT2D eigenvalue weighted by Gasteiger charge is 2.17. The van der Waals surface area contributed by atoms with Gasteiger partial charge in [0.15, 0.2) is 17.6 Å². The van der Waals surface area contributed by atoms with Gasteiger partial charge in [-0.2, -0.15) is 0 Å². The van der Waals surface area contributed by atoms with E-state index in [-0.39, 0.29) is 18.5 Å². The van der Waals surface area contributed by atoms with Crippen LogP contribution in [0.3, 0.4) is 0 Å². The van der Waals surface area contributed by atoms with Gasteiger partial charge in [-0.15, -0.1) is 0 Å². The maximum atomic E-state index is 12.0. The fourth-order valence-corrected chi connectivity index (χ4v) is 2.15. The van der Waals surface area contributed by atoms with Gasteiger partial charge in [0.05, 0.1) is 6.20 Å². The van der Waals surface area contributed by atoms with Crippen molar-refractivity contribution in [3.63, 3.8) is 0 Å². The summed E-state index contributed by atoms with van der Waals surface area (Å²) in [7, 11) is 0. The number of imidazole rings is 1. The van der Waals surface area contributed by atoms with Gasteiger partial charge in [0.25, 0.3) is 5.91 Å². The van der Waals surface area contributed by atoms with Crippen LogP contribution in [-0.4, -0.2) is 22.5 Å². The summed E-state index contributed by atoms with van der Waals surface area (Å²) in [6, 6.07) is 7.25. The molecule has 0 bridgehead atoms. The molecule has 0 saturated heterocycles. The number of nitrogens with zero attached hydrogens (tertiary/aromatic N) is 2. The van der Waals surface area contributed by atoms with Crippen LogP contribution in [0.25, 0.3) is 17.2 Å². The summed E-state index contributed by atoms with van der Waals surface area (Å²) >= 11 is 0. The SMILES string of the molecule is C=Cn1c[n+](CC(=O)NC(=O)N[C@@H](C)CC)c2ccccc21. The summed E-state index contributed by atoms with van der Waals surface area (Å²) in [6.45, 7) is 7.66. The Hall–Kier alpha value is -2.63. The lowest BCUT2D eigenvalue weighted by atomic mass is 10.3. The predicted octanol–water partition coefficient (Wildman–Crippen LogP) is 1.65. The lowest BCUT2D eigenvalue weighted by Crippen LogP contribution is -2.48. The molecule has 22 heavy (non-hydrogen) atoms. The maximum absolute atomic E-state index is 12.0. The average Bonchev–Trinajstić information content (AvgIpc) is 2.85. The van der Waals surface area contributed by atoms with Crippen LogP contribution in [0.15, 0.2) is 37.2 Å². The van der Waals surface area contributed by atoms with Crippen molar-refractivity contribution in [2.45, 2.75) is 32.9 Å². The van der Waals surface area contributed by atoms with Crippen molar-refractivity contribution in [1.29, 1.82) is 0 Å². The molecule has 0 saturated carbocycles. The van der Waals surface area contributed by atoms with Crippen molar-refractivity contribution in [1.82, 2.24) is 15.2 Å². The lowest BCUT2D eigenvalue weighted by molar-refractivity contribution is -0.658. The number of para-hydroxylation sites is 2. The van der Waals surface area contributed by atoms with Crippen molar-refractivity contribution < 1.29 is 14.2 Å². The Labute approximate surface area is 129 Å². The van der Waals surface area contributed by atoms with Crippen molar-refractivity contribution in [2.24, 2.45) is 0 Å². The highest BCUT2D eigenvalue weighted by molar-refractivity contribution is 5.93. The highest BCUT2D eigenvalue weighted by atomic mass is 16.2. The Morgan fingerprint density at radius 3 is 2.82 bits per heavy atom. The molecule has 1 aromatic heterocycles. The summed E-state index contributed by atoms with van der Waals surface area (Å²) in [6.07, 6.45) is 4.26. The molecule has 0 radical (unpaired) electrons. The van der Waals surface area contributed by atoms with Crippen LogP contribution in [0, 0.1) is 0 Å². The maximum Gasteiger partial charge on any atom is 0.321 e. The Morgan fingerprint density at radius 2 is 2.14 bits per heavy atom. The second-order valence-electron chi connectivity index (χ2n) is 5.15. The van der Waals surface area contributed by atoms with Gasteiger partial charge in [-0.1, -0.05) is 25.6 Å². The van der Waals surface area contributed by atoms with E-state index in [9.17, 15) is 9.59 Å². The first-order valence-electron chi connectivity index (χ1n) is 7.27. The van der Waals surface area contributed by atoms with E-state index in [1.807, 2.05) is 42.7 Å². The van der Waals surface area contributed by atoms with Crippen LogP contribution in [-0.2, 0) is 11.3 Å². The molecule has 0 spiro atoms. The number of fused-ring (bicyclic) bond motifs is 1. The standard InChI is InChI=1S/C16H20N4O2/c1-4-12(3)17-16(22)18-15(21)10-20-11-19(5-2)13-8-6-7-9-14(13)20/h5-9,11-12H,2,4,10H2,1,3H3,(H-,17,18,21,22)/p+1/t12-/m0/s1. The number of imide groups is 1. The third-order valence-electron chi connectivity index (χ3n) is 3.49. The Balaban J connectivity index is 2.09. The molecule has 1 aromatic carbocycles. The van der Waals surface area contributed by atoms with Gasteiger partial charge in [0, 0.05) is 6.04 Å². The first-order chi connectivity index (χ1) is 10.5. The van der Waals surface area contributed by atoms with Gasteiger partial charge in [-0.3, -0.25) is 10.1 Å². The fraction of sp³-hybridized carbons (Fsp3) is 0.312. The Kier molecular flexibility index (Phi) is 4.93. The summed E-state index contributed by atoms with van der Waals surface area (Å²) < 4.78 is 3.62. The van der Waals surface area contributed by atoms with Gasteiger partial charge in [-0.05, 0) is 25.5 Å². The molecule has 2 aromatic rings. The van der Waals surface area contributed by atoms with Crippen LogP contribution < -0.4 is 15.2 Å². The van der Waals surface area contributed by atoms with E-state index in [1.165, 1.54) is 0 Å². The predicted molar refractivity (Wildman–Crippen MR) is 84.9 cm³/mol. The molecule has 0 aliphatic carbocycles. The number of amides is 3. The van der Waals surface area contributed by atoms with E-state index in [0.717, 1.165) is 17.5 Å². The molecular formula is C16H21N4O2+. The van der Waals surface area contributed by atoms with Gasteiger partial charge in [0.2, 0.25) is 6.33 Å². The smallest absolute Gasteiger partial charge is 0.321 e. The molecule has 6 heteroatoms. The number of carbonyl (C=O) groups is 2. The van der Waals surface area contributed by atoms with Crippen LogP contribution in [0.5, 0.6) is 0 Å². The number of aromatic nitrogens is 2. The van der Waals surface area contributed by atoms with Crippen LogP contribution in [0.4, 0.5) is 4.79 Å². The van der Waals surface area contributed by atoms with E-state index in [0.29, 0.717) is 0 Å². The zero-order valence-electron chi connectivity index (χ0n) is 12.9. The van der Waals surface area contributed by atoms with Crippen molar-refractivity contribution >= 4 is 29.2 Å². The van der Waals surface area contributed by atoms with E-state index in [1.54, 1.807) is 17.1 Å². The van der Waals surface area contributed by atoms with Crippen LogP contribution in [0.2, 0.25) is 0 Å². The Bertz CT molecular complexity index is 705. The number of urea groups is 1. The first kappa shape index (κ1) is 15.8. The van der Waals surface area contributed by atoms with Gasteiger partial charge in [-0.25, -0.2) is 13.9 Å². The minimum atomic E-state index is -0.465. The lowest BCUT2D eigenvalue weighted by Gasteiger charge is -2.11. The average molecular weight is 301 g/mol. The number of carbonyl (C=O) groups excluding carboxylic acids is 2. The van der Waals surface area contributed by atoms with Gasteiger partial charge < -0.3 is 5.32 Å². The minimum Gasteiger partial charge on any atom is -0.335 e. The largest absolute Gasteiger partial charge is 0.335 e. The monoisotopic (exact) mass is 301 g/mol.